The van der Waals surface area contributed by atoms with Crippen LogP contribution in [0.25, 0.3) is 0 Å². The molecule has 76 valence electrons. The van der Waals surface area contributed by atoms with E-state index < -0.39 is 0 Å². The first kappa shape index (κ1) is 10.8. The molecular weight excluding hydrogens is 234 g/mol. The van der Waals surface area contributed by atoms with E-state index in [4.69, 9.17) is 4.74 Å². The van der Waals surface area contributed by atoms with Crippen molar-refractivity contribution in [3.05, 3.63) is 0 Å². The molecular formula is C9H16BrNO2. The molecule has 0 aromatic heterocycles. The van der Waals surface area contributed by atoms with Crippen molar-refractivity contribution in [2.45, 2.75) is 44.8 Å². The van der Waals surface area contributed by atoms with E-state index in [9.17, 15) is 4.79 Å². The first-order chi connectivity index (χ1) is 5.87. The number of alkyl carbamates (subject to hydrolysis) is 1. The number of rotatable bonds is 2. The van der Waals surface area contributed by atoms with Crippen LogP contribution in [0.5, 0.6) is 0 Å². The second kappa shape index (κ2) is 3.48. The average Bonchev–Trinajstić information content (AvgIpc) is 2.65. The van der Waals surface area contributed by atoms with Crippen LogP contribution in [0, 0.1) is 0 Å². The molecule has 0 unspecified atom stereocenters. The molecule has 1 aliphatic rings. The van der Waals surface area contributed by atoms with Crippen molar-refractivity contribution < 1.29 is 9.53 Å². The predicted molar refractivity (Wildman–Crippen MR) is 55.1 cm³/mol. The molecule has 3 nitrogen and oxygen atoms in total. The largest absolute Gasteiger partial charge is 0.442 e. The third-order valence-corrected chi connectivity index (χ3v) is 2.86. The molecule has 1 N–H and O–H groups in total. The van der Waals surface area contributed by atoms with Gasteiger partial charge in [0.15, 0.2) is 0 Å². The van der Waals surface area contributed by atoms with Gasteiger partial charge in [-0.05, 0) is 33.6 Å². The predicted octanol–water partition coefficient (Wildman–Crippen LogP) is 2.44. The summed E-state index contributed by atoms with van der Waals surface area (Å²) in [6.07, 6.45) is 1.62. The fourth-order valence-corrected chi connectivity index (χ4v) is 1.61. The van der Waals surface area contributed by atoms with E-state index in [2.05, 4.69) is 21.2 Å². The zero-order valence-corrected chi connectivity index (χ0v) is 9.90. The van der Waals surface area contributed by atoms with Gasteiger partial charge in [-0.3, -0.25) is 0 Å². The highest BCUT2D eigenvalue weighted by atomic mass is 79.9. The first-order valence-electron chi connectivity index (χ1n) is 4.44. The van der Waals surface area contributed by atoms with Crippen LogP contribution in [0.3, 0.4) is 0 Å². The van der Waals surface area contributed by atoms with Crippen molar-refractivity contribution >= 4 is 22.0 Å². The van der Waals surface area contributed by atoms with Gasteiger partial charge in [0.25, 0.3) is 0 Å². The van der Waals surface area contributed by atoms with Gasteiger partial charge in [-0.25, -0.2) is 4.79 Å². The first-order valence-corrected chi connectivity index (χ1v) is 5.56. The molecule has 0 saturated heterocycles. The summed E-state index contributed by atoms with van der Waals surface area (Å²) in [6, 6.07) is 0. The summed E-state index contributed by atoms with van der Waals surface area (Å²) in [5, 5.41) is 3.50. The zero-order valence-electron chi connectivity index (χ0n) is 8.32. The summed E-state index contributed by atoms with van der Waals surface area (Å²) in [5.41, 5.74) is -0.436. The number of ether oxygens (including phenoxy) is 1. The lowest BCUT2D eigenvalue weighted by molar-refractivity contribution is 0.0901. The Balaban J connectivity index is 2.34. The number of nitrogens with one attached hydrogen (secondary N) is 1. The van der Waals surface area contributed by atoms with Gasteiger partial charge < -0.3 is 10.1 Å². The number of hydrogen-bond acceptors (Lipinski definition) is 2. The summed E-state index contributed by atoms with van der Waals surface area (Å²) in [5.74, 6) is 0. The van der Waals surface area contributed by atoms with Crippen molar-refractivity contribution in [2.24, 2.45) is 0 Å². The van der Waals surface area contributed by atoms with Crippen LogP contribution in [0.15, 0.2) is 0 Å². The lowest BCUT2D eigenvalue weighted by Crippen LogP contribution is -2.43. The van der Waals surface area contributed by atoms with Crippen LogP contribution in [0.2, 0.25) is 0 Å². The maximum atomic E-state index is 11.3. The van der Waals surface area contributed by atoms with E-state index in [1.165, 1.54) is 0 Å². The Bertz CT molecular complexity index is 206. The second-order valence-corrected chi connectivity index (χ2v) is 5.14. The van der Waals surface area contributed by atoms with E-state index in [1.807, 2.05) is 20.8 Å². The Morgan fingerprint density at radius 1 is 1.54 bits per heavy atom. The van der Waals surface area contributed by atoms with Crippen LogP contribution in [-0.2, 0) is 4.74 Å². The normalized spacial score (nSPS) is 19.4. The summed E-state index contributed by atoms with van der Waals surface area (Å²) in [6.45, 7) is 5.80. The van der Waals surface area contributed by atoms with Crippen LogP contribution in [0.4, 0.5) is 4.79 Å². The molecule has 0 bridgehead atoms. The van der Waals surface area contributed by atoms with Crippen LogP contribution >= 0.6 is 15.9 Å². The van der Waals surface area contributed by atoms with Gasteiger partial charge in [0.05, 0.1) is 0 Å². The minimum absolute atomic E-state index is 0.213. The van der Waals surface area contributed by atoms with Gasteiger partial charge in [-0.15, -0.1) is 0 Å². The fraction of sp³-hybridized carbons (Fsp3) is 0.889. The number of amides is 1. The standard InChI is InChI=1S/C9H16BrNO2/c1-8(2,3)11-7(12)13-9(6-10)4-5-9/h4-6H2,1-3H3,(H,11,12). The summed E-state index contributed by atoms with van der Waals surface area (Å²) < 4.78 is 5.28. The molecule has 0 aromatic carbocycles. The SMILES string of the molecule is CC(C)(C)NC(=O)OC1(CBr)CC1. The Morgan fingerprint density at radius 2 is 2.08 bits per heavy atom. The second-order valence-electron chi connectivity index (χ2n) is 4.58. The Hall–Kier alpha value is -0.250. The van der Waals surface area contributed by atoms with Crippen LogP contribution in [0.1, 0.15) is 33.6 Å². The Labute approximate surface area is 87.3 Å². The van der Waals surface area contributed by atoms with Crippen LogP contribution in [-0.4, -0.2) is 22.6 Å². The van der Waals surface area contributed by atoms with E-state index in [-0.39, 0.29) is 17.2 Å². The van der Waals surface area contributed by atoms with Gasteiger partial charge in [-0.2, -0.15) is 0 Å². The van der Waals surface area contributed by atoms with E-state index in [1.54, 1.807) is 0 Å². The van der Waals surface area contributed by atoms with E-state index in [0.29, 0.717) is 0 Å². The van der Waals surface area contributed by atoms with Gasteiger partial charge in [0, 0.05) is 10.9 Å². The fourth-order valence-electron chi connectivity index (χ4n) is 0.931. The van der Waals surface area contributed by atoms with Crippen LogP contribution < -0.4 is 5.32 Å². The topological polar surface area (TPSA) is 38.3 Å². The molecule has 0 spiro atoms. The maximum absolute atomic E-state index is 11.3. The van der Waals surface area contributed by atoms with Gasteiger partial charge in [0.2, 0.25) is 0 Å². The summed E-state index contributed by atoms with van der Waals surface area (Å²) in [4.78, 5) is 11.3. The smallest absolute Gasteiger partial charge is 0.408 e. The minimum Gasteiger partial charge on any atom is -0.442 e. The van der Waals surface area contributed by atoms with Crippen molar-refractivity contribution in [2.75, 3.05) is 5.33 Å². The maximum Gasteiger partial charge on any atom is 0.408 e. The number of hydrogen-bond donors (Lipinski definition) is 1. The Kier molecular flexibility index (Phi) is 2.90. The molecule has 1 aliphatic carbocycles. The molecule has 0 radical (unpaired) electrons. The van der Waals surface area contributed by atoms with Gasteiger partial charge in [-0.1, -0.05) is 15.9 Å². The molecule has 0 atom stereocenters. The molecule has 1 rings (SSSR count). The molecule has 4 heteroatoms. The van der Waals surface area contributed by atoms with Gasteiger partial charge in [0.1, 0.15) is 5.60 Å². The average molecular weight is 250 g/mol. The third kappa shape index (κ3) is 3.55. The van der Waals surface area contributed by atoms with Crippen molar-refractivity contribution in [1.82, 2.24) is 5.32 Å². The molecule has 1 saturated carbocycles. The molecule has 1 fully saturated rings. The number of carbonyl (C=O) groups is 1. The number of alkyl halides is 1. The highest BCUT2D eigenvalue weighted by Gasteiger charge is 2.46. The highest BCUT2D eigenvalue weighted by molar-refractivity contribution is 9.09. The van der Waals surface area contributed by atoms with E-state index >= 15 is 0 Å². The molecule has 1 amide bonds. The van der Waals surface area contributed by atoms with Crippen molar-refractivity contribution in [3.63, 3.8) is 0 Å². The van der Waals surface area contributed by atoms with Crippen molar-refractivity contribution in [3.8, 4) is 0 Å². The summed E-state index contributed by atoms with van der Waals surface area (Å²) >= 11 is 3.34. The molecule has 0 aliphatic heterocycles. The molecule has 13 heavy (non-hydrogen) atoms. The number of halogens is 1. The summed E-state index contributed by atoms with van der Waals surface area (Å²) in [7, 11) is 0. The van der Waals surface area contributed by atoms with Gasteiger partial charge >= 0.3 is 6.09 Å². The third-order valence-electron chi connectivity index (χ3n) is 1.84. The monoisotopic (exact) mass is 249 g/mol. The quantitative estimate of drug-likeness (QED) is 0.764. The lowest BCUT2D eigenvalue weighted by Gasteiger charge is -2.22. The number of carbonyl (C=O) groups excluding carboxylic acids is 1. The minimum atomic E-state index is -0.315. The lowest BCUT2D eigenvalue weighted by atomic mass is 10.1. The van der Waals surface area contributed by atoms with Crippen molar-refractivity contribution in [1.29, 1.82) is 0 Å². The zero-order chi connectivity index (χ0) is 10.1. The van der Waals surface area contributed by atoms with E-state index in [0.717, 1.165) is 18.2 Å². The highest BCUT2D eigenvalue weighted by Crippen LogP contribution is 2.41. The molecule has 0 heterocycles. The Morgan fingerprint density at radius 3 is 2.38 bits per heavy atom. The molecule has 0 aromatic rings.